The van der Waals surface area contributed by atoms with Crippen molar-refractivity contribution in [3.63, 3.8) is 0 Å². The van der Waals surface area contributed by atoms with Gasteiger partial charge in [0.2, 0.25) is 0 Å². The number of Topliss-reactive ketones (excluding diaryl/α,β-unsaturated/α-hetero) is 1. The maximum atomic E-state index is 13.4. The molecular formula is C25H21ClF3NO5S. The summed E-state index contributed by atoms with van der Waals surface area (Å²) in [6, 6.07) is 3.94. The number of carbonyl (C=O) groups excluding carboxylic acids is 1. The number of ketones is 1. The Hall–Kier alpha value is -3.34. The highest BCUT2D eigenvalue weighted by Crippen LogP contribution is 2.38. The van der Waals surface area contributed by atoms with Gasteiger partial charge in [-0.1, -0.05) is 35.1 Å². The van der Waals surface area contributed by atoms with Gasteiger partial charge < -0.3 is 20.0 Å². The van der Waals surface area contributed by atoms with E-state index in [1.165, 1.54) is 25.1 Å². The summed E-state index contributed by atoms with van der Waals surface area (Å²) in [5.41, 5.74) is 3.94. The maximum Gasteiger partial charge on any atom is 0.351 e. The maximum absolute atomic E-state index is 13.4. The van der Waals surface area contributed by atoms with Crippen molar-refractivity contribution in [2.24, 2.45) is 5.73 Å². The highest BCUT2D eigenvalue weighted by Gasteiger charge is 2.21. The summed E-state index contributed by atoms with van der Waals surface area (Å²) >= 11 is 7.12. The summed E-state index contributed by atoms with van der Waals surface area (Å²) in [6.45, 7) is 1.85. The van der Waals surface area contributed by atoms with Crippen molar-refractivity contribution in [3.05, 3.63) is 91.1 Å². The Bertz CT molecular complexity index is 1370. The number of hydrogen-bond acceptors (Lipinski definition) is 7. The Kier molecular flexibility index (Phi) is 9.14. The second-order valence-corrected chi connectivity index (χ2v) is 9.05. The van der Waals surface area contributed by atoms with Crippen LogP contribution in [0.2, 0.25) is 5.02 Å². The Morgan fingerprint density at radius 3 is 2.53 bits per heavy atom. The highest BCUT2D eigenvalue weighted by atomic mass is 35.5. The van der Waals surface area contributed by atoms with Gasteiger partial charge in [-0.05, 0) is 31.4 Å². The molecule has 3 rings (SSSR count). The predicted octanol–water partition coefficient (Wildman–Crippen LogP) is 6.39. The van der Waals surface area contributed by atoms with Gasteiger partial charge in [-0.3, -0.25) is 4.79 Å². The summed E-state index contributed by atoms with van der Waals surface area (Å²) in [5, 5.41) is 10.6. The topological polar surface area (TPSA) is 103 Å². The van der Waals surface area contributed by atoms with Crippen LogP contribution in [0.15, 0.2) is 51.2 Å². The van der Waals surface area contributed by atoms with Gasteiger partial charge in [0.15, 0.2) is 28.3 Å². The molecule has 0 atom stereocenters. The lowest BCUT2D eigenvalue weighted by Crippen LogP contribution is -2.16. The number of aryl methyl sites for hydroxylation is 1. The number of nitrogens with two attached hydrogens (primary N) is 1. The molecule has 36 heavy (non-hydrogen) atoms. The molecule has 0 saturated heterocycles. The monoisotopic (exact) mass is 539 g/mol. The average molecular weight is 540 g/mol. The number of ether oxygens (including phenoxy) is 1. The normalized spacial score (nSPS) is 11.9. The van der Waals surface area contributed by atoms with Crippen molar-refractivity contribution in [2.75, 3.05) is 6.54 Å². The second-order valence-electron chi connectivity index (χ2n) is 7.60. The number of allylic oxidation sites excluding steroid dienone is 2. The zero-order chi connectivity index (χ0) is 26.4. The SMILES string of the molecule is C/C(=C\c1sc(Oc2cc(F)c(F)c(F)c2)cc1Cl)C(=O)c1c(O)cc(CCC/C=C/CN)oc1=O. The van der Waals surface area contributed by atoms with Crippen molar-refractivity contribution in [1.82, 2.24) is 0 Å². The molecule has 11 heteroatoms. The second kappa shape index (κ2) is 12.1. The van der Waals surface area contributed by atoms with Crippen LogP contribution in [0.25, 0.3) is 6.08 Å². The molecule has 0 aliphatic heterocycles. The van der Waals surface area contributed by atoms with E-state index < -0.39 is 40.2 Å². The zero-order valence-electron chi connectivity index (χ0n) is 18.9. The molecule has 3 aromatic rings. The largest absolute Gasteiger partial charge is 0.507 e. The lowest BCUT2D eigenvalue weighted by molar-refractivity contribution is 0.102. The van der Waals surface area contributed by atoms with Gasteiger partial charge >= 0.3 is 5.63 Å². The molecule has 0 aliphatic rings. The number of rotatable bonds is 10. The van der Waals surface area contributed by atoms with Crippen LogP contribution in [-0.4, -0.2) is 17.4 Å². The van der Waals surface area contributed by atoms with Gasteiger partial charge in [0.25, 0.3) is 0 Å². The van der Waals surface area contributed by atoms with E-state index in [9.17, 15) is 27.9 Å². The number of carbonyl (C=O) groups is 1. The van der Waals surface area contributed by atoms with Crippen LogP contribution in [0, 0.1) is 17.5 Å². The first kappa shape index (κ1) is 27.3. The number of benzene rings is 1. The Morgan fingerprint density at radius 2 is 1.89 bits per heavy atom. The number of hydrogen-bond donors (Lipinski definition) is 2. The fourth-order valence-corrected chi connectivity index (χ4v) is 4.40. The van der Waals surface area contributed by atoms with Gasteiger partial charge in [-0.2, -0.15) is 0 Å². The quantitative estimate of drug-likeness (QED) is 0.102. The van der Waals surface area contributed by atoms with Crippen molar-refractivity contribution in [3.8, 4) is 16.6 Å². The standard InChI is InChI=1S/C25H21ClF3NO5S/c1-13(24(32)22-19(31)11-14(35-25(22)33)6-4-2-3-5-7-30)8-20-16(26)12-21(36-20)34-15-9-17(27)23(29)18(28)10-15/h3,5,8-12,31H,2,4,6-7,30H2,1H3/b5-3+,13-8+. The van der Waals surface area contributed by atoms with E-state index in [-0.39, 0.29) is 27.2 Å². The third-order valence-corrected chi connectivity index (χ3v) is 6.26. The molecule has 190 valence electrons. The van der Waals surface area contributed by atoms with E-state index in [2.05, 4.69) is 0 Å². The fourth-order valence-electron chi connectivity index (χ4n) is 3.15. The number of aromatic hydroxyl groups is 1. The van der Waals surface area contributed by atoms with Crippen molar-refractivity contribution in [1.29, 1.82) is 0 Å². The van der Waals surface area contributed by atoms with E-state index in [1.807, 2.05) is 12.2 Å². The molecule has 0 spiro atoms. The fraction of sp³-hybridized carbons (Fsp3) is 0.200. The molecular weight excluding hydrogens is 519 g/mol. The van der Waals surface area contributed by atoms with Crippen LogP contribution in [0.1, 0.15) is 40.8 Å². The van der Waals surface area contributed by atoms with Crippen molar-refractivity contribution >= 4 is 34.8 Å². The Morgan fingerprint density at radius 1 is 1.19 bits per heavy atom. The molecule has 6 nitrogen and oxygen atoms in total. The van der Waals surface area contributed by atoms with Crippen LogP contribution >= 0.6 is 22.9 Å². The number of thiophene rings is 1. The Balaban J connectivity index is 1.77. The minimum absolute atomic E-state index is 0.0615. The minimum Gasteiger partial charge on any atom is -0.507 e. The molecule has 3 N–H and O–H groups in total. The summed E-state index contributed by atoms with van der Waals surface area (Å²) in [4.78, 5) is 25.6. The van der Waals surface area contributed by atoms with Crippen LogP contribution in [-0.2, 0) is 6.42 Å². The smallest absolute Gasteiger partial charge is 0.351 e. The third kappa shape index (κ3) is 6.66. The number of halogens is 4. The molecule has 0 aliphatic carbocycles. The van der Waals surface area contributed by atoms with Crippen LogP contribution in [0.4, 0.5) is 13.2 Å². The molecule has 0 amide bonds. The van der Waals surface area contributed by atoms with Gasteiger partial charge in [0.05, 0.1) is 5.02 Å². The molecule has 0 radical (unpaired) electrons. The first-order chi connectivity index (χ1) is 17.1. The highest BCUT2D eigenvalue weighted by molar-refractivity contribution is 7.15. The predicted molar refractivity (Wildman–Crippen MR) is 131 cm³/mol. The van der Waals surface area contributed by atoms with Gasteiger partial charge in [-0.15, -0.1) is 0 Å². The van der Waals surface area contributed by atoms with E-state index in [0.717, 1.165) is 11.3 Å². The van der Waals surface area contributed by atoms with E-state index >= 15 is 0 Å². The lowest BCUT2D eigenvalue weighted by atomic mass is 10.0. The average Bonchev–Trinajstić information content (AvgIpc) is 3.14. The minimum atomic E-state index is -1.62. The van der Waals surface area contributed by atoms with Gasteiger partial charge in [0.1, 0.15) is 22.8 Å². The van der Waals surface area contributed by atoms with Crippen LogP contribution in [0.5, 0.6) is 16.6 Å². The van der Waals surface area contributed by atoms with E-state index in [4.69, 9.17) is 26.5 Å². The summed E-state index contributed by atoms with van der Waals surface area (Å²) in [7, 11) is 0. The molecule has 2 aromatic heterocycles. The van der Waals surface area contributed by atoms with Crippen molar-refractivity contribution < 1.29 is 32.2 Å². The first-order valence-corrected chi connectivity index (χ1v) is 11.9. The molecule has 0 unspecified atom stereocenters. The molecule has 0 bridgehead atoms. The molecule has 2 heterocycles. The van der Waals surface area contributed by atoms with E-state index in [1.54, 1.807) is 0 Å². The summed E-state index contributed by atoms with van der Waals surface area (Å²) < 4.78 is 50.5. The summed E-state index contributed by atoms with van der Waals surface area (Å²) in [6.07, 6.45) is 6.82. The molecule has 0 saturated carbocycles. The van der Waals surface area contributed by atoms with Crippen molar-refractivity contribution in [2.45, 2.75) is 26.2 Å². The zero-order valence-corrected chi connectivity index (χ0v) is 20.5. The van der Waals surface area contributed by atoms with E-state index in [0.29, 0.717) is 42.8 Å². The molecule has 0 fully saturated rings. The Labute approximate surface area is 213 Å². The molecule has 1 aromatic carbocycles. The van der Waals surface area contributed by atoms with Gasteiger partial charge in [-0.25, -0.2) is 18.0 Å². The van der Waals surface area contributed by atoms with Crippen LogP contribution < -0.4 is 16.1 Å². The first-order valence-electron chi connectivity index (χ1n) is 10.7. The van der Waals surface area contributed by atoms with Crippen LogP contribution in [0.3, 0.4) is 0 Å². The number of unbranched alkanes of at least 4 members (excludes halogenated alkanes) is 1. The summed E-state index contributed by atoms with van der Waals surface area (Å²) in [5.74, 6) is -5.76. The third-order valence-electron chi connectivity index (χ3n) is 4.88. The lowest BCUT2D eigenvalue weighted by Gasteiger charge is -2.05. The van der Waals surface area contributed by atoms with Gasteiger partial charge in [0, 0.05) is 42.1 Å².